The van der Waals surface area contributed by atoms with Crippen LogP contribution in [-0.2, 0) is 6.42 Å². The lowest BCUT2D eigenvalue weighted by atomic mass is 10.0. The Hall–Kier alpha value is -2.24. The summed E-state index contributed by atoms with van der Waals surface area (Å²) in [6.07, 6.45) is 0.804. The predicted molar refractivity (Wildman–Crippen MR) is 99.1 cm³/mol. The van der Waals surface area contributed by atoms with Gasteiger partial charge in [0.2, 0.25) is 0 Å². The predicted octanol–water partition coefficient (Wildman–Crippen LogP) is 3.78. The highest BCUT2D eigenvalue weighted by Gasteiger charge is 2.19. The Morgan fingerprint density at radius 3 is 2.71 bits per heavy atom. The van der Waals surface area contributed by atoms with Crippen molar-refractivity contribution in [2.75, 3.05) is 11.5 Å². The van der Waals surface area contributed by atoms with Gasteiger partial charge in [-0.1, -0.05) is 11.6 Å². The highest BCUT2D eigenvalue weighted by molar-refractivity contribution is 7.99. The number of hydrogen-bond acceptors (Lipinski definition) is 4. The van der Waals surface area contributed by atoms with E-state index in [9.17, 15) is 4.79 Å². The summed E-state index contributed by atoms with van der Waals surface area (Å²) in [5.41, 5.74) is 9.96. The summed E-state index contributed by atoms with van der Waals surface area (Å²) >= 11 is 7.70. The molecule has 0 spiro atoms. The molecule has 2 aromatic carbocycles. The van der Waals surface area contributed by atoms with Crippen molar-refractivity contribution in [3.8, 4) is 16.9 Å². The molecule has 3 aromatic rings. The summed E-state index contributed by atoms with van der Waals surface area (Å²) in [7, 11) is 0. The molecule has 0 fully saturated rings. The van der Waals surface area contributed by atoms with Crippen LogP contribution in [0.1, 0.15) is 5.56 Å². The zero-order valence-electron chi connectivity index (χ0n) is 12.7. The fourth-order valence-corrected chi connectivity index (χ4v) is 3.95. The summed E-state index contributed by atoms with van der Waals surface area (Å²) in [5, 5.41) is 5.27. The highest BCUT2D eigenvalue weighted by Crippen LogP contribution is 2.37. The van der Waals surface area contributed by atoms with Crippen LogP contribution in [0.3, 0.4) is 0 Å². The number of rotatable bonds is 1. The summed E-state index contributed by atoms with van der Waals surface area (Å²) < 4.78 is 1.41. The number of nitrogens with zero attached hydrogens (tertiary/aromatic N) is 2. The standard InChI is InChI=1S/C18H14ClN3OS/c19-12-1-4-14(5-2-12)22-17(23)9-11-7-8-24-16-6-3-13(20)10-15(16)18(11)21-22/h1-6,9-10H,7-8,20H2. The van der Waals surface area contributed by atoms with E-state index >= 15 is 0 Å². The van der Waals surface area contributed by atoms with Crippen molar-refractivity contribution in [3.05, 3.63) is 69.5 Å². The molecular weight excluding hydrogens is 342 g/mol. The summed E-state index contributed by atoms with van der Waals surface area (Å²) in [4.78, 5) is 13.6. The van der Waals surface area contributed by atoms with Crippen molar-refractivity contribution in [1.29, 1.82) is 0 Å². The molecule has 24 heavy (non-hydrogen) atoms. The van der Waals surface area contributed by atoms with Gasteiger partial charge in [-0.15, -0.1) is 11.8 Å². The molecule has 0 radical (unpaired) electrons. The van der Waals surface area contributed by atoms with Crippen molar-refractivity contribution >= 4 is 29.1 Å². The zero-order valence-corrected chi connectivity index (χ0v) is 14.3. The van der Waals surface area contributed by atoms with E-state index < -0.39 is 0 Å². The average molecular weight is 356 g/mol. The number of halogens is 1. The van der Waals surface area contributed by atoms with E-state index in [0.717, 1.165) is 33.9 Å². The number of aryl methyl sites for hydroxylation is 1. The quantitative estimate of drug-likeness (QED) is 0.675. The van der Waals surface area contributed by atoms with Gasteiger partial charge in [0.05, 0.1) is 11.4 Å². The molecule has 0 saturated heterocycles. The van der Waals surface area contributed by atoms with Crippen molar-refractivity contribution in [3.63, 3.8) is 0 Å². The molecule has 1 aliphatic heterocycles. The van der Waals surface area contributed by atoms with Gasteiger partial charge in [-0.3, -0.25) is 4.79 Å². The largest absolute Gasteiger partial charge is 0.399 e. The van der Waals surface area contributed by atoms with Gasteiger partial charge in [0.25, 0.3) is 5.56 Å². The number of nitrogen functional groups attached to an aromatic ring is 1. The van der Waals surface area contributed by atoms with Crippen LogP contribution in [0.15, 0.2) is 58.2 Å². The Kier molecular flexibility index (Phi) is 3.82. The molecule has 0 bridgehead atoms. The number of anilines is 1. The van der Waals surface area contributed by atoms with Gasteiger partial charge in [0, 0.05) is 33.0 Å². The van der Waals surface area contributed by atoms with Crippen molar-refractivity contribution < 1.29 is 0 Å². The minimum absolute atomic E-state index is 0.145. The van der Waals surface area contributed by atoms with Crippen LogP contribution in [0.2, 0.25) is 5.02 Å². The van der Waals surface area contributed by atoms with E-state index in [-0.39, 0.29) is 5.56 Å². The first-order chi connectivity index (χ1) is 11.6. The molecule has 0 unspecified atom stereocenters. The van der Waals surface area contributed by atoms with Gasteiger partial charge in [0.1, 0.15) is 0 Å². The summed E-state index contributed by atoms with van der Waals surface area (Å²) in [6.45, 7) is 0. The fourth-order valence-electron chi connectivity index (χ4n) is 2.81. The molecule has 0 saturated carbocycles. The third kappa shape index (κ3) is 2.70. The number of benzene rings is 2. The molecule has 1 aliphatic rings. The van der Waals surface area contributed by atoms with Crippen molar-refractivity contribution in [2.24, 2.45) is 0 Å². The van der Waals surface area contributed by atoms with Gasteiger partial charge in [0.15, 0.2) is 0 Å². The van der Waals surface area contributed by atoms with E-state index in [1.807, 2.05) is 18.2 Å². The van der Waals surface area contributed by atoms with E-state index in [1.54, 1.807) is 42.1 Å². The minimum Gasteiger partial charge on any atom is -0.399 e. The summed E-state index contributed by atoms with van der Waals surface area (Å²) in [6, 6.07) is 14.6. The number of thioether (sulfide) groups is 1. The lowest BCUT2D eigenvalue weighted by Crippen LogP contribution is -2.22. The Morgan fingerprint density at radius 2 is 1.92 bits per heavy atom. The van der Waals surface area contributed by atoms with Crippen LogP contribution in [-0.4, -0.2) is 15.5 Å². The van der Waals surface area contributed by atoms with Crippen molar-refractivity contribution in [1.82, 2.24) is 9.78 Å². The minimum atomic E-state index is -0.145. The van der Waals surface area contributed by atoms with E-state index in [0.29, 0.717) is 16.4 Å². The van der Waals surface area contributed by atoms with Gasteiger partial charge >= 0.3 is 0 Å². The first kappa shape index (κ1) is 15.3. The maximum absolute atomic E-state index is 12.5. The Bertz CT molecular complexity index is 983. The highest BCUT2D eigenvalue weighted by atomic mass is 35.5. The molecule has 2 heterocycles. The third-order valence-corrected chi connectivity index (χ3v) is 5.30. The number of aromatic nitrogens is 2. The van der Waals surface area contributed by atoms with Crippen LogP contribution in [0.25, 0.3) is 16.9 Å². The average Bonchev–Trinajstić information content (AvgIpc) is 2.74. The number of fused-ring (bicyclic) bond motifs is 3. The normalized spacial score (nSPS) is 13.0. The van der Waals surface area contributed by atoms with Gasteiger partial charge in [-0.25, -0.2) is 0 Å². The lowest BCUT2D eigenvalue weighted by molar-refractivity contribution is 0.801. The van der Waals surface area contributed by atoms with Gasteiger partial charge in [-0.2, -0.15) is 9.78 Å². The maximum atomic E-state index is 12.5. The second-order valence-electron chi connectivity index (χ2n) is 5.60. The van der Waals surface area contributed by atoms with Crippen molar-refractivity contribution in [2.45, 2.75) is 11.3 Å². The zero-order chi connectivity index (χ0) is 16.7. The molecule has 0 atom stereocenters. The smallest absolute Gasteiger partial charge is 0.271 e. The molecule has 0 amide bonds. The van der Waals surface area contributed by atoms with E-state index in [4.69, 9.17) is 17.3 Å². The van der Waals surface area contributed by atoms with Crippen LogP contribution in [0, 0.1) is 0 Å². The number of nitrogens with two attached hydrogens (primary N) is 1. The second kappa shape index (κ2) is 6.00. The molecule has 1 aromatic heterocycles. The monoisotopic (exact) mass is 355 g/mol. The second-order valence-corrected chi connectivity index (χ2v) is 7.17. The van der Waals surface area contributed by atoms with Crippen LogP contribution < -0.4 is 11.3 Å². The Morgan fingerprint density at radius 1 is 1.12 bits per heavy atom. The van der Waals surface area contributed by atoms with Crippen LogP contribution >= 0.6 is 23.4 Å². The molecule has 4 nitrogen and oxygen atoms in total. The van der Waals surface area contributed by atoms with E-state index in [2.05, 4.69) is 5.10 Å². The molecule has 4 rings (SSSR count). The number of hydrogen-bond donors (Lipinski definition) is 1. The molecule has 2 N–H and O–H groups in total. The SMILES string of the molecule is Nc1ccc2c(c1)-c1nn(-c3ccc(Cl)cc3)c(=O)cc1CCS2. The van der Waals surface area contributed by atoms with Crippen LogP contribution in [0.5, 0.6) is 0 Å². The molecule has 120 valence electrons. The summed E-state index contributed by atoms with van der Waals surface area (Å²) in [5.74, 6) is 0.913. The third-order valence-electron chi connectivity index (χ3n) is 3.97. The fraction of sp³-hybridized carbons (Fsp3) is 0.111. The molecular formula is C18H14ClN3OS. The Labute approximate surface area is 148 Å². The molecule has 0 aliphatic carbocycles. The van der Waals surface area contributed by atoms with E-state index in [1.165, 1.54) is 4.68 Å². The Balaban J connectivity index is 1.96. The maximum Gasteiger partial charge on any atom is 0.271 e. The van der Waals surface area contributed by atoms with Gasteiger partial charge < -0.3 is 5.73 Å². The topological polar surface area (TPSA) is 60.9 Å². The molecule has 6 heteroatoms. The lowest BCUT2D eigenvalue weighted by Gasteiger charge is -2.12. The first-order valence-electron chi connectivity index (χ1n) is 7.54. The first-order valence-corrected chi connectivity index (χ1v) is 8.90. The van der Waals surface area contributed by atoms with Gasteiger partial charge in [-0.05, 0) is 54.4 Å². The van der Waals surface area contributed by atoms with Crippen LogP contribution in [0.4, 0.5) is 5.69 Å².